The summed E-state index contributed by atoms with van der Waals surface area (Å²) in [4.78, 5) is 12.1. The average molecular weight is 323 g/mol. The summed E-state index contributed by atoms with van der Waals surface area (Å²) in [6, 6.07) is 18.9. The molecule has 0 saturated carbocycles. The van der Waals surface area contributed by atoms with Gasteiger partial charge in [0.2, 0.25) is 5.91 Å². The number of aryl methyl sites for hydroxylation is 1. The van der Waals surface area contributed by atoms with E-state index in [9.17, 15) is 4.79 Å². The second kappa shape index (κ2) is 8.14. The van der Waals surface area contributed by atoms with Crippen molar-refractivity contribution in [3.63, 3.8) is 0 Å². The Labute approximate surface area is 146 Å². The molecule has 2 heteroatoms. The molecule has 0 aliphatic rings. The van der Waals surface area contributed by atoms with Crippen molar-refractivity contribution in [1.29, 1.82) is 0 Å². The summed E-state index contributed by atoms with van der Waals surface area (Å²) < 4.78 is 0. The standard InChI is InChI=1S/C22H29NO/c1-17(19-8-6-5-7-9-19)16-23-21(24)15-12-18-10-13-20(14-11-18)22(2,3)4/h5-11,13-14,17H,12,15-16H2,1-4H3,(H,23,24)/t17-/m1/s1. The van der Waals surface area contributed by atoms with Gasteiger partial charge in [0.1, 0.15) is 0 Å². The Bertz CT molecular complexity index is 638. The topological polar surface area (TPSA) is 29.1 Å². The molecule has 0 fully saturated rings. The lowest BCUT2D eigenvalue weighted by atomic mass is 9.86. The van der Waals surface area contributed by atoms with Crippen molar-refractivity contribution in [2.45, 2.75) is 51.9 Å². The summed E-state index contributed by atoms with van der Waals surface area (Å²) in [5.41, 5.74) is 3.97. The van der Waals surface area contributed by atoms with Gasteiger partial charge in [-0.15, -0.1) is 0 Å². The number of hydrogen-bond acceptors (Lipinski definition) is 1. The van der Waals surface area contributed by atoms with Crippen molar-refractivity contribution in [3.05, 3.63) is 71.3 Å². The van der Waals surface area contributed by atoms with E-state index in [-0.39, 0.29) is 11.3 Å². The fraction of sp³-hybridized carbons (Fsp3) is 0.409. The molecule has 2 aromatic rings. The van der Waals surface area contributed by atoms with Gasteiger partial charge in [0.15, 0.2) is 0 Å². The van der Waals surface area contributed by atoms with Crippen LogP contribution >= 0.6 is 0 Å². The third-order valence-electron chi connectivity index (χ3n) is 4.43. The van der Waals surface area contributed by atoms with Crippen molar-refractivity contribution >= 4 is 5.91 Å². The Morgan fingerprint density at radius 3 is 2.21 bits per heavy atom. The predicted molar refractivity (Wildman–Crippen MR) is 101 cm³/mol. The van der Waals surface area contributed by atoms with E-state index in [1.165, 1.54) is 16.7 Å². The number of rotatable bonds is 6. The van der Waals surface area contributed by atoms with Crippen LogP contribution in [0.4, 0.5) is 0 Å². The summed E-state index contributed by atoms with van der Waals surface area (Å²) in [5, 5.41) is 3.05. The summed E-state index contributed by atoms with van der Waals surface area (Å²) in [7, 11) is 0. The van der Waals surface area contributed by atoms with Crippen molar-refractivity contribution < 1.29 is 4.79 Å². The molecule has 0 aromatic heterocycles. The molecule has 2 aromatic carbocycles. The lowest BCUT2D eigenvalue weighted by Crippen LogP contribution is -2.27. The van der Waals surface area contributed by atoms with E-state index >= 15 is 0 Å². The molecule has 0 bridgehead atoms. The van der Waals surface area contributed by atoms with Crippen LogP contribution in [0.1, 0.15) is 56.7 Å². The number of amides is 1. The van der Waals surface area contributed by atoms with Gasteiger partial charge in [-0.05, 0) is 34.4 Å². The van der Waals surface area contributed by atoms with E-state index < -0.39 is 0 Å². The van der Waals surface area contributed by atoms with E-state index in [1.807, 2.05) is 18.2 Å². The maximum Gasteiger partial charge on any atom is 0.220 e. The molecule has 0 saturated heterocycles. The third-order valence-corrected chi connectivity index (χ3v) is 4.43. The van der Waals surface area contributed by atoms with Gasteiger partial charge in [-0.2, -0.15) is 0 Å². The Hall–Kier alpha value is -2.09. The van der Waals surface area contributed by atoms with Crippen LogP contribution in [0.2, 0.25) is 0 Å². The minimum Gasteiger partial charge on any atom is -0.355 e. The summed E-state index contributed by atoms with van der Waals surface area (Å²) >= 11 is 0. The molecule has 1 N–H and O–H groups in total. The second-order valence-corrected chi connectivity index (χ2v) is 7.56. The Balaban J connectivity index is 1.77. The van der Waals surface area contributed by atoms with Crippen LogP contribution in [-0.4, -0.2) is 12.5 Å². The molecule has 0 aliphatic heterocycles. The van der Waals surface area contributed by atoms with Crippen molar-refractivity contribution in [1.82, 2.24) is 5.32 Å². The van der Waals surface area contributed by atoms with E-state index in [4.69, 9.17) is 0 Å². The molecule has 2 rings (SSSR count). The lowest BCUT2D eigenvalue weighted by Gasteiger charge is -2.19. The van der Waals surface area contributed by atoms with Crippen LogP contribution in [0, 0.1) is 0 Å². The van der Waals surface area contributed by atoms with E-state index in [2.05, 4.69) is 69.4 Å². The highest BCUT2D eigenvalue weighted by Crippen LogP contribution is 2.22. The molecule has 1 atom stereocenters. The fourth-order valence-electron chi connectivity index (χ4n) is 2.68. The number of benzene rings is 2. The third kappa shape index (κ3) is 5.52. The minimum absolute atomic E-state index is 0.123. The van der Waals surface area contributed by atoms with Crippen molar-refractivity contribution in [2.75, 3.05) is 6.54 Å². The molecule has 2 nitrogen and oxygen atoms in total. The van der Waals surface area contributed by atoms with Crippen LogP contribution in [0.3, 0.4) is 0 Å². The van der Waals surface area contributed by atoms with Gasteiger partial charge < -0.3 is 5.32 Å². The summed E-state index contributed by atoms with van der Waals surface area (Å²) in [6.07, 6.45) is 1.33. The van der Waals surface area contributed by atoms with E-state index in [1.54, 1.807) is 0 Å². The molecule has 1 amide bonds. The molecule has 0 spiro atoms. The summed E-state index contributed by atoms with van der Waals surface area (Å²) in [6.45, 7) is 9.46. The maximum absolute atomic E-state index is 12.1. The fourth-order valence-corrected chi connectivity index (χ4v) is 2.68. The lowest BCUT2D eigenvalue weighted by molar-refractivity contribution is -0.121. The number of carbonyl (C=O) groups is 1. The molecule has 24 heavy (non-hydrogen) atoms. The molecule has 0 aliphatic carbocycles. The van der Waals surface area contributed by atoms with Crippen molar-refractivity contribution in [2.24, 2.45) is 0 Å². The monoisotopic (exact) mass is 323 g/mol. The first kappa shape index (κ1) is 18.3. The highest BCUT2D eigenvalue weighted by atomic mass is 16.1. The summed E-state index contributed by atoms with van der Waals surface area (Å²) in [5.74, 6) is 0.457. The van der Waals surface area contributed by atoms with Gasteiger partial charge in [0.05, 0.1) is 0 Å². The van der Waals surface area contributed by atoms with E-state index in [0.29, 0.717) is 18.9 Å². The van der Waals surface area contributed by atoms with Gasteiger partial charge in [-0.25, -0.2) is 0 Å². The largest absolute Gasteiger partial charge is 0.355 e. The predicted octanol–water partition coefficient (Wildman–Crippen LogP) is 4.84. The Kier molecular flexibility index (Phi) is 6.19. The molecule has 0 unspecified atom stereocenters. The van der Waals surface area contributed by atoms with Gasteiger partial charge >= 0.3 is 0 Å². The average Bonchev–Trinajstić information content (AvgIpc) is 2.58. The van der Waals surface area contributed by atoms with E-state index in [0.717, 1.165) is 6.42 Å². The quantitative estimate of drug-likeness (QED) is 0.810. The van der Waals surface area contributed by atoms with Gasteiger partial charge in [0.25, 0.3) is 0 Å². The van der Waals surface area contributed by atoms with Crippen LogP contribution in [0.15, 0.2) is 54.6 Å². The highest BCUT2D eigenvalue weighted by molar-refractivity contribution is 5.76. The number of carbonyl (C=O) groups excluding carboxylic acids is 1. The van der Waals surface area contributed by atoms with Crippen molar-refractivity contribution in [3.8, 4) is 0 Å². The minimum atomic E-state index is 0.123. The van der Waals surface area contributed by atoms with Gasteiger partial charge in [-0.3, -0.25) is 4.79 Å². The van der Waals surface area contributed by atoms with Crippen LogP contribution in [0.25, 0.3) is 0 Å². The first-order valence-electron chi connectivity index (χ1n) is 8.77. The molecular weight excluding hydrogens is 294 g/mol. The Morgan fingerprint density at radius 1 is 1.00 bits per heavy atom. The smallest absolute Gasteiger partial charge is 0.220 e. The zero-order valence-corrected chi connectivity index (χ0v) is 15.3. The molecule has 128 valence electrons. The van der Waals surface area contributed by atoms with Crippen LogP contribution in [-0.2, 0) is 16.6 Å². The van der Waals surface area contributed by atoms with Gasteiger partial charge in [0, 0.05) is 13.0 Å². The zero-order valence-electron chi connectivity index (χ0n) is 15.3. The number of hydrogen-bond donors (Lipinski definition) is 1. The first-order chi connectivity index (χ1) is 11.4. The van der Waals surface area contributed by atoms with Crippen LogP contribution < -0.4 is 5.32 Å². The maximum atomic E-state index is 12.1. The molecule has 0 radical (unpaired) electrons. The molecular formula is C22H29NO. The highest BCUT2D eigenvalue weighted by Gasteiger charge is 2.13. The molecule has 0 heterocycles. The second-order valence-electron chi connectivity index (χ2n) is 7.56. The van der Waals surface area contributed by atoms with Gasteiger partial charge in [-0.1, -0.05) is 82.3 Å². The zero-order chi connectivity index (χ0) is 17.6. The normalized spacial score (nSPS) is 12.7. The SMILES string of the molecule is C[C@H](CNC(=O)CCc1ccc(C(C)(C)C)cc1)c1ccccc1. The number of nitrogens with one attached hydrogen (secondary N) is 1. The Morgan fingerprint density at radius 2 is 1.62 bits per heavy atom. The van der Waals surface area contributed by atoms with Crippen LogP contribution in [0.5, 0.6) is 0 Å². The first-order valence-corrected chi connectivity index (χ1v) is 8.77.